The first-order valence-electron chi connectivity index (χ1n) is 6.14. The standard InChI is InChI=1S/C14H12N2O6/c17-12(15-22-10-5-2-1-3-6-10)9-21-16-13(14(18)19)11-7-4-8-20-11/h1-8H,9H2,(H,15,17)(H,18,19)/b16-13+. The van der Waals surface area contributed by atoms with Gasteiger partial charge in [-0.15, -0.1) is 0 Å². The van der Waals surface area contributed by atoms with Crippen molar-refractivity contribution < 1.29 is 28.8 Å². The highest BCUT2D eigenvalue weighted by molar-refractivity contribution is 6.41. The van der Waals surface area contributed by atoms with Crippen molar-refractivity contribution >= 4 is 17.6 Å². The Hall–Kier alpha value is -3.29. The molecule has 0 unspecified atom stereocenters. The van der Waals surface area contributed by atoms with E-state index in [1.807, 2.05) is 0 Å². The summed E-state index contributed by atoms with van der Waals surface area (Å²) in [6, 6.07) is 11.5. The number of nitrogens with zero attached hydrogens (tertiary/aromatic N) is 1. The predicted octanol–water partition coefficient (Wildman–Crippen LogP) is 1.20. The maximum absolute atomic E-state index is 11.5. The first kappa shape index (κ1) is 15.1. The van der Waals surface area contributed by atoms with Gasteiger partial charge in [0.1, 0.15) is 0 Å². The lowest BCUT2D eigenvalue weighted by Crippen LogP contribution is -2.30. The van der Waals surface area contributed by atoms with Gasteiger partial charge < -0.3 is 19.2 Å². The molecule has 1 amide bonds. The number of carbonyl (C=O) groups is 2. The van der Waals surface area contributed by atoms with Crippen LogP contribution in [0.15, 0.2) is 58.3 Å². The topological polar surface area (TPSA) is 110 Å². The van der Waals surface area contributed by atoms with Crippen molar-refractivity contribution in [3.63, 3.8) is 0 Å². The largest absolute Gasteiger partial charge is 0.476 e. The molecule has 0 radical (unpaired) electrons. The molecule has 8 heteroatoms. The highest BCUT2D eigenvalue weighted by Gasteiger charge is 2.16. The van der Waals surface area contributed by atoms with Gasteiger partial charge in [0.2, 0.25) is 5.71 Å². The molecule has 2 rings (SSSR count). The Morgan fingerprint density at radius 3 is 2.59 bits per heavy atom. The zero-order valence-corrected chi connectivity index (χ0v) is 11.3. The predicted molar refractivity (Wildman–Crippen MR) is 74.0 cm³/mol. The van der Waals surface area contributed by atoms with Crippen molar-refractivity contribution in [3.05, 3.63) is 54.5 Å². The van der Waals surface area contributed by atoms with Gasteiger partial charge in [-0.2, -0.15) is 5.48 Å². The van der Waals surface area contributed by atoms with Crippen LogP contribution in [-0.4, -0.2) is 29.3 Å². The molecular formula is C14H12N2O6. The van der Waals surface area contributed by atoms with Crippen molar-refractivity contribution in [1.82, 2.24) is 5.48 Å². The minimum atomic E-state index is -1.34. The van der Waals surface area contributed by atoms with Gasteiger partial charge >= 0.3 is 5.97 Å². The normalized spacial score (nSPS) is 10.8. The summed E-state index contributed by atoms with van der Waals surface area (Å²) in [5.41, 5.74) is 1.69. The fraction of sp³-hybridized carbons (Fsp3) is 0.0714. The molecule has 22 heavy (non-hydrogen) atoms. The lowest BCUT2D eigenvalue weighted by molar-refractivity contribution is -0.133. The summed E-state index contributed by atoms with van der Waals surface area (Å²) in [4.78, 5) is 32.1. The maximum Gasteiger partial charge on any atom is 0.361 e. The maximum atomic E-state index is 11.5. The van der Waals surface area contributed by atoms with Crippen LogP contribution >= 0.6 is 0 Å². The summed E-state index contributed by atoms with van der Waals surface area (Å²) in [6.45, 7) is -0.510. The van der Waals surface area contributed by atoms with Crippen LogP contribution in [0.1, 0.15) is 5.76 Å². The van der Waals surface area contributed by atoms with Crippen molar-refractivity contribution in [2.24, 2.45) is 5.16 Å². The number of hydrogen-bond donors (Lipinski definition) is 2. The monoisotopic (exact) mass is 304 g/mol. The lowest BCUT2D eigenvalue weighted by atomic mass is 10.3. The second-order valence-electron chi connectivity index (χ2n) is 3.94. The minimum absolute atomic E-state index is 0.0217. The Morgan fingerprint density at radius 2 is 1.95 bits per heavy atom. The van der Waals surface area contributed by atoms with E-state index in [-0.39, 0.29) is 5.76 Å². The molecule has 0 bridgehead atoms. The second kappa shape index (κ2) is 7.48. The molecule has 0 aliphatic rings. The van der Waals surface area contributed by atoms with E-state index >= 15 is 0 Å². The number of rotatable bonds is 7. The van der Waals surface area contributed by atoms with Crippen LogP contribution in [0.2, 0.25) is 0 Å². The molecule has 0 atom stereocenters. The molecule has 0 fully saturated rings. The quantitative estimate of drug-likeness (QED) is 0.587. The van der Waals surface area contributed by atoms with Crippen LogP contribution < -0.4 is 10.3 Å². The van der Waals surface area contributed by atoms with Crippen LogP contribution in [0.4, 0.5) is 0 Å². The van der Waals surface area contributed by atoms with Crippen LogP contribution in [0.3, 0.4) is 0 Å². The highest BCUT2D eigenvalue weighted by atomic mass is 16.7. The van der Waals surface area contributed by atoms with Crippen LogP contribution in [0, 0.1) is 0 Å². The van der Waals surface area contributed by atoms with E-state index in [0.29, 0.717) is 5.75 Å². The van der Waals surface area contributed by atoms with Gasteiger partial charge in [0.15, 0.2) is 18.1 Å². The van der Waals surface area contributed by atoms with Crippen LogP contribution in [0.5, 0.6) is 5.75 Å². The van der Waals surface area contributed by atoms with Crippen LogP contribution in [0.25, 0.3) is 0 Å². The molecule has 0 saturated carbocycles. The van der Waals surface area contributed by atoms with Gasteiger partial charge in [0.05, 0.1) is 6.26 Å². The number of hydroxylamine groups is 1. The molecule has 0 aliphatic carbocycles. The molecule has 1 aromatic carbocycles. The SMILES string of the molecule is O=C(CO/N=C(/C(=O)O)c1ccco1)NOc1ccccc1. The number of carboxylic acid groups (broad SMARTS) is 1. The molecule has 2 aromatic rings. The number of hydrogen-bond acceptors (Lipinski definition) is 6. The summed E-state index contributed by atoms with van der Waals surface area (Å²) < 4.78 is 4.90. The zero-order chi connectivity index (χ0) is 15.8. The third-order valence-corrected chi connectivity index (χ3v) is 2.33. The van der Waals surface area contributed by atoms with E-state index < -0.39 is 24.2 Å². The fourth-order valence-electron chi connectivity index (χ4n) is 1.39. The average Bonchev–Trinajstić information content (AvgIpc) is 3.04. The summed E-state index contributed by atoms with van der Waals surface area (Å²) in [7, 11) is 0. The summed E-state index contributed by atoms with van der Waals surface area (Å²) in [5, 5.41) is 12.3. The molecule has 1 heterocycles. The third-order valence-electron chi connectivity index (χ3n) is 2.33. The Labute approximate surface area is 124 Å². The van der Waals surface area contributed by atoms with E-state index in [4.69, 9.17) is 14.4 Å². The smallest absolute Gasteiger partial charge is 0.361 e. The number of furan rings is 1. The number of carbonyl (C=O) groups excluding carboxylic acids is 1. The van der Waals surface area contributed by atoms with Crippen molar-refractivity contribution in [3.8, 4) is 5.75 Å². The van der Waals surface area contributed by atoms with E-state index in [1.54, 1.807) is 30.3 Å². The number of benzene rings is 1. The number of carboxylic acids is 1. The number of para-hydroxylation sites is 1. The van der Waals surface area contributed by atoms with E-state index in [2.05, 4.69) is 15.5 Å². The first-order chi connectivity index (χ1) is 10.7. The Bertz CT molecular complexity index is 651. The Kier molecular flexibility index (Phi) is 5.14. The second-order valence-corrected chi connectivity index (χ2v) is 3.94. The summed E-state index contributed by atoms with van der Waals surface area (Å²) in [5.74, 6) is -1.50. The molecule has 8 nitrogen and oxygen atoms in total. The fourth-order valence-corrected chi connectivity index (χ4v) is 1.39. The molecule has 114 valence electrons. The van der Waals surface area contributed by atoms with E-state index in [9.17, 15) is 9.59 Å². The third kappa shape index (κ3) is 4.37. The number of oxime groups is 1. The first-order valence-corrected chi connectivity index (χ1v) is 6.14. The molecule has 0 saturated heterocycles. The number of nitrogens with one attached hydrogen (secondary N) is 1. The van der Waals surface area contributed by atoms with Gasteiger partial charge in [0, 0.05) is 0 Å². The van der Waals surface area contributed by atoms with E-state index in [0.717, 1.165) is 0 Å². The molecule has 0 aliphatic heterocycles. The average molecular weight is 304 g/mol. The Balaban J connectivity index is 1.82. The molecular weight excluding hydrogens is 292 g/mol. The lowest BCUT2D eigenvalue weighted by Gasteiger charge is -2.06. The van der Waals surface area contributed by atoms with Crippen molar-refractivity contribution in [2.45, 2.75) is 0 Å². The van der Waals surface area contributed by atoms with Crippen LogP contribution in [-0.2, 0) is 14.4 Å². The van der Waals surface area contributed by atoms with Crippen molar-refractivity contribution in [2.75, 3.05) is 6.61 Å². The van der Waals surface area contributed by atoms with Crippen molar-refractivity contribution in [1.29, 1.82) is 0 Å². The highest BCUT2D eigenvalue weighted by Crippen LogP contribution is 2.06. The number of amides is 1. The van der Waals surface area contributed by atoms with Gasteiger partial charge in [0.25, 0.3) is 5.91 Å². The molecule has 2 N–H and O–H groups in total. The minimum Gasteiger partial charge on any atom is -0.476 e. The summed E-state index contributed by atoms with van der Waals surface area (Å²) in [6.07, 6.45) is 1.30. The molecule has 1 aromatic heterocycles. The van der Waals surface area contributed by atoms with Gasteiger partial charge in [-0.1, -0.05) is 23.4 Å². The molecule has 0 spiro atoms. The van der Waals surface area contributed by atoms with Gasteiger partial charge in [-0.05, 0) is 24.3 Å². The zero-order valence-electron chi connectivity index (χ0n) is 11.3. The Morgan fingerprint density at radius 1 is 1.18 bits per heavy atom. The number of aliphatic carboxylic acids is 1. The van der Waals surface area contributed by atoms with Gasteiger partial charge in [-0.25, -0.2) is 4.79 Å². The summed E-state index contributed by atoms with van der Waals surface area (Å²) >= 11 is 0. The van der Waals surface area contributed by atoms with Gasteiger partial charge in [-0.3, -0.25) is 4.79 Å². The van der Waals surface area contributed by atoms with E-state index in [1.165, 1.54) is 18.4 Å².